The molecule has 0 saturated carbocycles. The Bertz CT molecular complexity index is 875. The zero-order valence-corrected chi connectivity index (χ0v) is 14.4. The van der Waals surface area contributed by atoms with Crippen LogP contribution in [0.5, 0.6) is 0 Å². The summed E-state index contributed by atoms with van der Waals surface area (Å²) in [6.45, 7) is 1.92. The first-order valence-corrected chi connectivity index (χ1v) is 8.08. The molecule has 0 aliphatic heterocycles. The van der Waals surface area contributed by atoms with Gasteiger partial charge in [0.15, 0.2) is 5.76 Å². The van der Waals surface area contributed by atoms with Crippen LogP contribution in [-0.2, 0) is 11.2 Å². The van der Waals surface area contributed by atoms with Crippen molar-refractivity contribution in [3.05, 3.63) is 70.1 Å². The highest BCUT2D eigenvalue weighted by Crippen LogP contribution is 2.22. The maximum atomic E-state index is 12.9. The Morgan fingerprint density at radius 2 is 1.96 bits per heavy atom. The second kappa shape index (κ2) is 6.97. The van der Waals surface area contributed by atoms with E-state index in [0.29, 0.717) is 17.0 Å². The molecule has 1 amide bonds. The van der Waals surface area contributed by atoms with Crippen molar-refractivity contribution in [1.82, 2.24) is 5.16 Å². The third kappa shape index (κ3) is 3.89. The van der Waals surface area contributed by atoms with E-state index >= 15 is 0 Å². The van der Waals surface area contributed by atoms with Gasteiger partial charge in [-0.3, -0.25) is 4.79 Å². The Hall–Kier alpha value is -2.47. The van der Waals surface area contributed by atoms with E-state index in [-0.39, 0.29) is 18.1 Å². The van der Waals surface area contributed by atoms with Crippen LogP contribution in [-0.4, -0.2) is 11.1 Å². The molecule has 4 nitrogen and oxygen atoms in total. The number of carbonyl (C=O) groups is 1. The van der Waals surface area contributed by atoms with Crippen LogP contribution in [0.1, 0.15) is 11.3 Å². The minimum atomic E-state index is -0.317. The molecule has 0 spiro atoms. The van der Waals surface area contributed by atoms with Crippen molar-refractivity contribution in [3.63, 3.8) is 0 Å². The first-order chi connectivity index (χ1) is 11.5. The van der Waals surface area contributed by atoms with Crippen LogP contribution in [0.25, 0.3) is 11.3 Å². The maximum Gasteiger partial charge on any atom is 0.230 e. The van der Waals surface area contributed by atoms with Crippen molar-refractivity contribution in [2.45, 2.75) is 13.3 Å². The average Bonchev–Trinajstić information content (AvgIpc) is 2.99. The number of halogens is 2. The number of hydrogen-bond acceptors (Lipinski definition) is 3. The van der Waals surface area contributed by atoms with Gasteiger partial charge in [0.25, 0.3) is 0 Å². The molecule has 0 aliphatic rings. The number of amides is 1. The number of nitrogens with one attached hydrogen (secondary N) is 1. The van der Waals surface area contributed by atoms with E-state index in [0.717, 1.165) is 15.7 Å². The normalized spacial score (nSPS) is 10.6. The Morgan fingerprint density at radius 1 is 1.21 bits per heavy atom. The van der Waals surface area contributed by atoms with E-state index < -0.39 is 0 Å². The molecule has 1 aromatic heterocycles. The quantitative estimate of drug-likeness (QED) is 0.702. The van der Waals surface area contributed by atoms with Crippen molar-refractivity contribution in [3.8, 4) is 11.3 Å². The summed E-state index contributed by atoms with van der Waals surface area (Å²) in [4.78, 5) is 12.2. The fraction of sp³-hybridized carbons (Fsp3) is 0.111. The van der Waals surface area contributed by atoms with Crippen LogP contribution in [0.2, 0.25) is 0 Å². The molecule has 3 rings (SSSR count). The molecule has 0 radical (unpaired) electrons. The molecule has 122 valence electrons. The predicted molar refractivity (Wildman–Crippen MR) is 93.1 cm³/mol. The first-order valence-electron chi connectivity index (χ1n) is 7.29. The molecule has 3 aromatic rings. The molecule has 0 aliphatic carbocycles. The van der Waals surface area contributed by atoms with Gasteiger partial charge in [-0.05, 0) is 55.0 Å². The van der Waals surface area contributed by atoms with Crippen molar-refractivity contribution >= 4 is 27.5 Å². The van der Waals surface area contributed by atoms with Crippen molar-refractivity contribution < 1.29 is 13.7 Å². The Labute approximate surface area is 146 Å². The van der Waals surface area contributed by atoms with Gasteiger partial charge in [-0.15, -0.1) is 0 Å². The smallest absolute Gasteiger partial charge is 0.230 e. The highest BCUT2D eigenvalue weighted by Gasteiger charge is 2.12. The SMILES string of the molecule is Cc1cc(Br)ccc1NC(=O)Cc1cc(-c2ccc(F)cc2)on1. The fourth-order valence-corrected chi connectivity index (χ4v) is 2.75. The number of rotatable bonds is 4. The monoisotopic (exact) mass is 388 g/mol. The number of carbonyl (C=O) groups excluding carboxylic acids is 1. The van der Waals surface area contributed by atoms with E-state index in [1.54, 1.807) is 18.2 Å². The van der Waals surface area contributed by atoms with Crippen LogP contribution < -0.4 is 5.32 Å². The van der Waals surface area contributed by atoms with Crippen molar-refractivity contribution in [1.29, 1.82) is 0 Å². The van der Waals surface area contributed by atoms with Gasteiger partial charge in [-0.1, -0.05) is 21.1 Å². The molecule has 0 atom stereocenters. The van der Waals surface area contributed by atoms with Gasteiger partial charge in [-0.25, -0.2) is 4.39 Å². The highest BCUT2D eigenvalue weighted by molar-refractivity contribution is 9.10. The zero-order valence-electron chi connectivity index (χ0n) is 12.8. The molecule has 2 aromatic carbocycles. The number of aryl methyl sites for hydroxylation is 1. The molecule has 0 unspecified atom stereocenters. The van der Waals surface area contributed by atoms with E-state index in [1.165, 1.54) is 12.1 Å². The summed E-state index contributed by atoms with van der Waals surface area (Å²) in [5.41, 5.74) is 2.94. The lowest BCUT2D eigenvalue weighted by molar-refractivity contribution is -0.115. The standard InChI is InChI=1S/C18H14BrFN2O2/c1-11-8-13(19)4-7-16(11)21-18(23)10-15-9-17(24-22-15)12-2-5-14(20)6-3-12/h2-9H,10H2,1H3,(H,21,23). The van der Waals surface area contributed by atoms with E-state index in [1.807, 2.05) is 25.1 Å². The van der Waals surface area contributed by atoms with Crippen LogP contribution in [0.15, 0.2) is 57.5 Å². The Morgan fingerprint density at radius 3 is 2.67 bits per heavy atom. The summed E-state index contributed by atoms with van der Waals surface area (Å²) in [6, 6.07) is 13.2. The Balaban J connectivity index is 1.68. The van der Waals surface area contributed by atoms with Gasteiger partial charge in [-0.2, -0.15) is 0 Å². The third-order valence-electron chi connectivity index (χ3n) is 3.49. The minimum absolute atomic E-state index is 0.0974. The average molecular weight is 389 g/mol. The number of anilines is 1. The highest BCUT2D eigenvalue weighted by atomic mass is 79.9. The van der Waals surface area contributed by atoms with Crippen LogP contribution in [0.3, 0.4) is 0 Å². The van der Waals surface area contributed by atoms with Crippen LogP contribution in [0, 0.1) is 12.7 Å². The van der Waals surface area contributed by atoms with Gasteiger partial charge >= 0.3 is 0 Å². The number of nitrogens with zero attached hydrogens (tertiary/aromatic N) is 1. The third-order valence-corrected chi connectivity index (χ3v) is 3.99. The summed E-state index contributed by atoms with van der Waals surface area (Å²) in [7, 11) is 0. The Kier molecular flexibility index (Phi) is 4.76. The molecular formula is C18H14BrFN2O2. The second-order valence-corrected chi connectivity index (χ2v) is 6.29. The van der Waals surface area contributed by atoms with E-state index in [4.69, 9.17) is 4.52 Å². The zero-order chi connectivity index (χ0) is 17.1. The molecule has 1 heterocycles. The van der Waals surface area contributed by atoms with Gasteiger partial charge in [0.05, 0.1) is 12.1 Å². The topological polar surface area (TPSA) is 55.1 Å². The molecule has 6 heteroatoms. The first kappa shape index (κ1) is 16.4. The van der Waals surface area contributed by atoms with Crippen LogP contribution >= 0.6 is 15.9 Å². The number of hydrogen-bond donors (Lipinski definition) is 1. The van der Waals surface area contributed by atoms with E-state index in [9.17, 15) is 9.18 Å². The number of benzene rings is 2. The summed E-state index contributed by atoms with van der Waals surface area (Å²) < 4.78 is 19.1. The molecule has 24 heavy (non-hydrogen) atoms. The number of aromatic nitrogens is 1. The summed E-state index contributed by atoms with van der Waals surface area (Å²) in [5.74, 6) is -0.000245. The van der Waals surface area contributed by atoms with Crippen LogP contribution in [0.4, 0.5) is 10.1 Å². The van der Waals surface area contributed by atoms with Gasteiger partial charge in [0.1, 0.15) is 5.82 Å². The minimum Gasteiger partial charge on any atom is -0.356 e. The lowest BCUT2D eigenvalue weighted by atomic mass is 10.1. The van der Waals surface area contributed by atoms with Crippen molar-refractivity contribution in [2.75, 3.05) is 5.32 Å². The lowest BCUT2D eigenvalue weighted by Gasteiger charge is -2.07. The molecule has 0 saturated heterocycles. The maximum absolute atomic E-state index is 12.9. The molecule has 0 bridgehead atoms. The second-order valence-electron chi connectivity index (χ2n) is 5.37. The lowest BCUT2D eigenvalue weighted by Crippen LogP contribution is -2.15. The van der Waals surface area contributed by atoms with Gasteiger partial charge in [0, 0.05) is 21.8 Å². The van der Waals surface area contributed by atoms with Crippen molar-refractivity contribution in [2.24, 2.45) is 0 Å². The predicted octanol–water partition coefficient (Wildman–Crippen LogP) is 4.73. The van der Waals surface area contributed by atoms with E-state index in [2.05, 4.69) is 26.4 Å². The summed E-state index contributed by atoms with van der Waals surface area (Å²) >= 11 is 3.39. The largest absolute Gasteiger partial charge is 0.356 e. The van der Waals surface area contributed by atoms with Gasteiger partial charge in [0.2, 0.25) is 5.91 Å². The molecular weight excluding hydrogens is 375 g/mol. The molecule has 0 fully saturated rings. The summed E-state index contributed by atoms with van der Waals surface area (Å²) in [6.07, 6.45) is 0.0974. The summed E-state index contributed by atoms with van der Waals surface area (Å²) in [5, 5.41) is 6.75. The fourth-order valence-electron chi connectivity index (χ4n) is 2.27. The molecule has 1 N–H and O–H groups in total. The van der Waals surface area contributed by atoms with Gasteiger partial charge < -0.3 is 9.84 Å².